The van der Waals surface area contributed by atoms with E-state index in [1.807, 2.05) is 24.4 Å². The molecule has 0 saturated heterocycles. The first kappa shape index (κ1) is 7.50. The Bertz CT molecular complexity index is 310. The van der Waals surface area contributed by atoms with Crippen LogP contribution in [0.2, 0.25) is 0 Å². The van der Waals surface area contributed by atoms with Crippen LogP contribution in [-0.4, -0.2) is 12.3 Å². The Kier molecular flexibility index (Phi) is 1.51. The molecule has 62 valence electrons. The highest BCUT2D eigenvalue weighted by atomic mass is 14.8. The summed E-state index contributed by atoms with van der Waals surface area (Å²) in [6, 6.07) is 0.0474. The van der Waals surface area contributed by atoms with Gasteiger partial charge in [-0.15, -0.1) is 0 Å². The Balaban J connectivity index is 2.48. The summed E-state index contributed by atoms with van der Waals surface area (Å²) in [5.74, 6) is 0. The molecule has 2 heteroatoms. The quantitative estimate of drug-likeness (QED) is 0.571. The van der Waals surface area contributed by atoms with Crippen LogP contribution in [0.5, 0.6) is 0 Å². The van der Waals surface area contributed by atoms with Gasteiger partial charge in [0, 0.05) is 23.9 Å². The Morgan fingerprint density at radius 1 is 1.58 bits per heavy atom. The lowest BCUT2D eigenvalue weighted by atomic mass is 9.73. The van der Waals surface area contributed by atoms with E-state index in [9.17, 15) is 0 Å². The molecule has 1 aliphatic carbocycles. The van der Waals surface area contributed by atoms with E-state index in [0.717, 1.165) is 0 Å². The smallest absolute Gasteiger partial charge is 0.0465 e. The van der Waals surface area contributed by atoms with Gasteiger partial charge >= 0.3 is 0 Å². The molecule has 0 amide bonds. The molecule has 1 aliphatic heterocycles. The Hall–Kier alpha value is -1.15. The number of nitrogens with zero attached hydrogens (tertiary/aromatic N) is 1. The second-order valence-corrected chi connectivity index (χ2v) is 3.41. The van der Waals surface area contributed by atoms with Crippen molar-refractivity contribution >= 4 is 6.21 Å². The molecule has 0 saturated carbocycles. The molecular weight excluding hydrogens is 148 g/mol. The molecule has 2 N–H and O–H groups in total. The average Bonchev–Trinajstić information content (AvgIpc) is 2.07. The van der Waals surface area contributed by atoms with Crippen LogP contribution < -0.4 is 5.73 Å². The molecule has 12 heavy (non-hydrogen) atoms. The number of rotatable bonds is 0. The van der Waals surface area contributed by atoms with Crippen molar-refractivity contribution in [1.82, 2.24) is 0 Å². The molecule has 0 spiro atoms. The van der Waals surface area contributed by atoms with Crippen LogP contribution in [0, 0.1) is 5.41 Å². The normalized spacial score (nSPS) is 37.8. The largest absolute Gasteiger partial charge is 0.323 e. The summed E-state index contributed by atoms with van der Waals surface area (Å²) in [4.78, 5) is 4.12. The highest BCUT2D eigenvalue weighted by Crippen LogP contribution is 2.34. The minimum absolute atomic E-state index is 0.0474. The number of nitrogens with two attached hydrogens (primary N) is 1. The first-order valence-corrected chi connectivity index (χ1v) is 4.09. The van der Waals surface area contributed by atoms with Gasteiger partial charge in [0.05, 0.1) is 0 Å². The molecule has 2 atom stereocenters. The highest BCUT2D eigenvalue weighted by molar-refractivity contribution is 5.76. The van der Waals surface area contributed by atoms with Crippen LogP contribution in [0.3, 0.4) is 0 Å². The Morgan fingerprint density at radius 2 is 2.42 bits per heavy atom. The van der Waals surface area contributed by atoms with Crippen molar-refractivity contribution in [2.24, 2.45) is 16.1 Å². The van der Waals surface area contributed by atoms with Gasteiger partial charge in [-0.3, -0.25) is 4.99 Å². The Labute approximate surface area is 72.2 Å². The zero-order chi connectivity index (χ0) is 8.60. The van der Waals surface area contributed by atoms with Crippen LogP contribution in [0.1, 0.15) is 6.92 Å². The molecule has 2 aliphatic rings. The fourth-order valence-electron chi connectivity index (χ4n) is 1.57. The standard InChI is InChI=1S/C10H12N2/c1-10-7-12-6-5-8(10)3-2-4-9(10)11/h2-7,9H,11H2,1H3. The molecule has 1 heterocycles. The predicted molar refractivity (Wildman–Crippen MR) is 50.9 cm³/mol. The van der Waals surface area contributed by atoms with Crippen LogP contribution in [0.4, 0.5) is 0 Å². The molecule has 0 bridgehead atoms. The van der Waals surface area contributed by atoms with E-state index in [2.05, 4.69) is 18.0 Å². The summed E-state index contributed by atoms with van der Waals surface area (Å²) in [5.41, 5.74) is 7.12. The molecule has 0 aromatic carbocycles. The molecule has 2 nitrogen and oxygen atoms in total. The maximum Gasteiger partial charge on any atom is 0.0465 e. The van der Waals surface area contributed by atoms with Gasteiger partial charge in [0.2, 0.25) is 0 Å². The van der Waals surface area contributed by atoms with Crippen molar-refractivity contribution in [1.29, 1.82) is 0 Å². The minimum atomic E-state index is -0.0938. The lowest BCUT2D eigenvalue weighted by molar-refractivity contribution is 0.504. The van der Waals surface area contributed by atoms with E-state index < -0.39 is 0 Å². The summed E-state index contributed by atoms with van der Waals surface area (Å²) in [7, 11) is 0. The number of hydrogen-bond acceptors (Lipinski definition) is 2. The van der Waals surface area contributed by atoms with Gasteiger partial charge in [0.25, 0.3) is 0 Å². The monoisotopic (exact) mass is 160 g/mol. The van der Waals surface area contributed by atoms with E-state index in [-0.39, 0.29) is 11.5 Å². The van der Waals surface area contributed by atoms with Crippen molar-refractivity contribution in [2.45, 2.75) is 13.0 Å². The van der Waals surface area contributed by atoms with Gasteiger partial charge in [-0.1, -0.05) is 18.2 Å². The molecule has 0 aromatic heterocycles. The van der Waals surface area contributed by atoms with Gasteiger partial charge in [-0.05, 0) is 18.6 Å². The van der Waals surface area contributed by atoms with Crippen molar-refractivity contribution in [2.75, 3.05) is 0 Å². The molecule has 0 aromatic rings. The topological polar surface area (TPSA) is 38.4 Å². The van der Waals surface area contributed by atoms with Gasteiger partial charge in [0.1, 0.15) is 0 Å². The van der Waals surface area contributed by atoms with Gasteiger partial charge in [-0.2, -0.15) is 0 Å². The van der Waals surface area contributed by atoms with E-state index in [1.165, 1.54) is 5.57 Å². The summed E-state index contributed by atoms with van der Waals surface area (Å²) in [6.45, 7) is 2.11. The van der Waals surface area contributed by atoms with Crippen LogP contribution >= 0.6 is 0 Å². The third kappa shape index (κ3) is 0.883. The SMILES string of the molecule is CC12C=NC=CC1=CC=CC2N. The predicted octanol–water partition coefficient (Wildman–Crippen LogP) is 1.41. The van der Waals surface area contributed by atoms with Crippen LogP contribution in [0.25, 0.3) is 0 Å². The summed E-state index contributed by atoms with van der Waals surface area (Å²) in [5, 5.41) is 0. The highest BCUT2D eigenvalue weighted by Gasteiger charge is 2.33. The number of aliphatic imine (C=N–C) groups is 1. The summed E-state index contributed by atoms with van der Waals surface area (Å²) in [6.07, 6.45) is 11.8. The van der Waals surface area contributed by atoms with E-state index in [4.69, 9.17) is 5.73 Å². The minimum Gasteiger partial charge on any atom is -0.323 e. The molecule has 0 fully saturated rings. The van der Waals surface area contributed by atoms with Gasteiger partial charge in [-0.25, -0.2) is 0 Å². The number of hydrogen-bond donors (Lipinski definition) is 1. The maximum atomic E-state index is 5.97. The fraction of sp³-hybridized carbons (Fsp3) is 0.300. The number of fused-ring (bicyclic) bond motifs is 1. The lowest BCUT2D eigenvalue weighted by Gasteiger charge is -2.34. The number of allylic oxidation sites excluding steroid dienone is 3. The van der Waals surface area contributed by atoms with Crippen molar-refractivity contribution in [3.63, 3.8) is 0 Å². The zero-order valence-corrected chi connectivity index (χ0v) is 7.07. The molecule has 2 unspecified atom stereocenters. The van der Waals surface area contributed by atoms with Crippen molar-refractivity contribution < 1.29 is 0 Å². The van der Waals surface area contributed by atoms with E-state index >= 15 is 0 Å². The molecule has 2 rings (SSSR count). The Morgan fingerprint density at radius 3 is 3.17 bits per heavy atom. The first-order chi connectivity index (χ1) is 5.73. The third-order valence-electron chi connectivity index (χ3n) is 2.59. The maximum absolute atomic E-state index is 5.97. The lowest BCUT2D eigenvalue weighted by Crippen LogP contribution is -2.42. The van der Waals surface area contributed by atoms with E-state index in [0.29, 0.717) is 0 Å². The van der Waals surface area contributed by atoms with Crippen LogP contribution in [0.15, 0.2) is 41.1 Å². The van der Waals surface area contributed by atoms with Crippen LogP contribution in [-0.2, 0) is 0 Å². The second kappa shape index (κ2) is 2.42. The van der Waals surface area contributed by atoms with Gasteiger partial charge < -0.3 is 5.73 Å². The first-order valence-electron chi connectivity index (χ1n) is 4.09. The zero-order valence-electron chi connectivity index (χ0n) is 7.07. The van der Waals surface area contributed by atoms with E-state index in [1.54, 1.807) is 6.20 Å². The van der Waals surface area contributed by atoms with Crippen molar-refractivity contribution in [3.05, 3.63) is 36.1 Å². The van der Waals surface area contributed by atoms with Gasteiger partial charge in [0.15, 0.2) is 0 Å². The molecular formula is C10H12N2. The summed E-state index contributed by atoms with van der Waals surface area (Å²) < 4.78 is 0. The third-order valence-corrected chi connectivity index (χ3v) is 2.59. The average molecular weight is 160 g/mol. The second-order valence-electron chi connectivity index (χ2n) is 3.41. The molecule has 0 radical (unpaired) electrons. The van der Waals surface area contributed by atoms with Crippen molar-refractivity contribution in [3.8, 4) is 0 Å². The fourth-order valence-corrected chi connectivity index (χ4v) is 1.57. The summed E-state index contributed by atoms with van der Waals surface area (Å²) >= 11 is 0.